The highest BCUT2D eigenvalue weighted by Gasteiger charge is 2.19. The van der Waals surface area contributed by atoms with Crippen LogP contribution >= 0.6 is 0 Å². The van der Waals surface area contributed by atoms with Crippen LogP contribution in [-0.4, -0.2) is 57.7 Å². The standard InChI is InChI=1S/C15H30N2O4S/c1-21-13-7-11-17(22(2,19)20)12-10-15(18)16-14-8-5-3-4-6-9-14/h14H,3-13H2,1-2H3,(H,16,18). The SMILES string of the molecule is COCCCN(CCC(=O)NC1CCCCCC1)S(C)(=O)=O. The lowest BCUT2D eigenvalue weighted by Gasteiger charge is -2.21. The number of carbonyl (C=O) groups excluding carboxylic acids is 1. The zero-order chi connectivity index (χ0) is 16.4. The lowest BCUT2D eigenvalue weighted by atomic mass is 10.1. The van der Waals surface area contributed by atoms with Gasteiger partial charge in [-0.3, -0.25) is 4.79 Å². The molecule has 7 heteroatoms. The van der Waals surface area contributed by atoms with Crippen LogP contribution < -0.4 is 5.32 Å². The lowest BCUT2D eigenvalue weighted by molar-refractivity contribution is -0.122. The van der Waals surface area contributed by atoms with Crippen molar-refractivity contribution < 1.29 is 17.9 Å². The summed E-state index contributed by atoms with van der Waals surface area (Å²) < 4.78 is 29.8. The number of nitrogens with zero attached hydrogens (tertiary/aromatic N) is 1. The molecule has 6 nitrogen and oxygen atoms in total. The number of hydrogen-bond donors (Lipinski definition) is 1. The van der Waals surface area contributed by atoms with Gasteiger partial charge in [0.15, 0.2) is 0 Å². The van der Waals surface area contributed by atoms with E-state index >= 15 is 0 Å². The van der Waals surface area contributed by atoms with Gasteiger partial charge in [0.05, 0.1) is 6.26 Å². The third kappa shape index (κ3) is 8.10. The van der Waals surface area contributed by atoms with E-state index in [4.69, 9.17) is 4.74 Å². The van der Waals surface area contributed by atoms with Crippen LogP contribution in [0, 0.1) is 0 Å². The predicted molar refractivity (Wildman–Crippen MR) is 87.2 cm³/mol. The van der Waals surface area contributed by atoms with Crippen molar-refractivity contribution in [2.75, 3.05) is 33.1 Å². The van der Waals surface area contributed by atoms with E-state index in [0.717, 1.165) is 25.7 Å². The molecule has 1 rings (SSSR count). The average Bonchev–Trinajstić information content (AvgIpc) is 2.70. The van der Waals surface area contributed by atoms with E-state index in [1.807, 2.05) is 0 Å². The molecule has 1 saturated carbocycles. The van der Waals surface area contributed by atoms with Gasteiger partial charge in [0.2, 0.25) is 15.9 Å². The second-order valence-corrected chi connectivity index (χ2v) is 8.00. The van der Waals surface area contributed by atoms with Crippen molar-refractivity contribution in [2.24, 2.45) is 0 Å². The Morgan fingerprint density at radius 2 is 1.82 bits per heavy atom. The van der Waals surface area contributed by atoms with Crippen LogP contribution in [0.4, 0.5) is 0 Å². The van der Waals surface area contributed by atoms with Crippen molar-refractivity contribution in [3.05, 3.63) is 0 Å². The maximum atomic E-state index is 12.0. The molecule has 0 saturated heterocycles. The average molecular weight is 334 g/mol. The van der Waals surface area contributed by atoms with E-state index < -0.39 is 10.0 Å². The Hall–Kier alpha value is -0.660. The van der Waals surface area contributed by atoms with E-state index in [9.17, 15) is 13.2 Å². The number of methoxy groups -OCH3 is 1. The van der Waals surface area contributed by atoms with Crippen molar-refractivity contribution in [1.29, 1.82) is 0 Å². The van der Waals surface area contributed by atoms with Crippen LogP contribution in [0.5, 0.6) is 0 Å². The Balaban J connectivity index is 2.37. The first-order valence-electron chi connectivity index (χ1n) is 8.17. The van der Waals surface area contributed by atoms with Gasteiger partial charge in [0.25, 0.3) is 0 Å². The Morgan fingerprint density at radius 1 is 1.18 bits per heavy atom. The Morgan fingerprint density at radius 3 is 2.36 bits per heavy atom. The van der Waals surface area contributed by atoms with E-state index in [1.54, 1.807) is 7.11 Å². The second-order valence-electron chi connectivity index (χ2n) is 6.01. The smallest absolute Gasteiger partial charge is 0.221 e. The van der Waals surface area contributed by atoms with Gasteiger partial charge in [-0.1, -0.05) is 25.7 Å². The molecule has 0 bridgehead atoms. The van der Waals surface area contributed by atoms with Crippen LogP contribution in [-0.2, 0) is 19.6 Å². The molecule has 0 aromatic rings. The first kappa shape index (κ1) is 19.4. The van der Waals surface area contributed by atoms with Crippen LogP contribution in [0.15, 0.2) is 0 Å². The molecule has 0 aromatic heterocycles. The molecule has 0 heterocycles. The fraction of sp³-hybridized carbons (Fsp3) is 0.933. The second kappa shape index (κ2) is 10.2. The van der Waals surface area contributed by atoms with Crippen LogP contribution in [0.2, 0.25) is 0 Å². The highest BCUT2D eigenvalue weighted by atomic mass is 32.2. The number of hydrogen-bond acceptors (Lipinski definition) is 4. The largest absolute Gasteiger partial charge is 0.385 e. The summed E-state index contributed by atoms with van der Waals surface area (Å²) in [5.74, 6) is -0.0488. The van der Waals surface area contributed by atoms with Crippen molar-refractivity contribution >= 4 is 15.9 Å². The van der Waals surface area contributed by atoms with E-state index in [0.29, 0.717) is 19.6 Å². The third-order valence-corrected chi connectivity index (χ3v) is 5.34. The Kier molecular flexibility index (Phi) is 8.97. The molecule has 1 N–H and O–H groups in total. The van der Waals surface area contributed by atoms with Crippen LogP contribution in [0.3, 0.4) is 0 Å². The molecule has 1 aliphatic rings. The maximum absolute atomic E-state index is 12.0. The highest BCUT2D eigenvalue weighted by molar-refractivity contribution is 7.88. The van der Waals surface area contributed by atoms with Gasteiger partial charge >= 0.3 is 0 Å². The molecular weight excluding hydrogens is 304 g/mol. The first-order chi connectivity index (χ1) is 10.4. The minimum Gasteiger partial charge on any atom is -0.385 e. The predicted octanol–water partition coefficient (Wildman–Crippen LogP) is 1.51. The monoisotopic (exact) mass is 334 g/mol. The minimum atomic E-state index is -3.28. The summed E-state index contributed by atoms with van der Waals surface area (Å²) in [7, 11) is -1.69. The molecule has 1 fully saturated rings. The van der Waals surface area contributed by atoms with E-state index in [-0.39, 0.29) is 24.9 Å². The summed E-state index contributed by atoms with van der Waals surface area (Å²) in [6, 6.07) is 0.259. The molecule has 0 aliphatic heterocycles. The molecule has 0 atom stereocenters. The number of nitrogens with one attached hydrogen (secondary N) is 1. The molecule has 1 amide bonds. The van der Waals surface area contributed by atoms with Gasteiger partial charge in [0, 0.05) is 39.3 Å². The summed E-state index contributed by atoms with van der Waals surface area (Å²) in [6.07, 6.45) is 8.93. The summed E-state index contributed by atoms with van der Waals surface area (Å²) in [5, 5.41) is 3.05. The normalized spacial score (nSPS) is 17.4. The van der Waals surface area contributed by atoms with Crippen molar-refractivity contribution in [3.8, 4) is 0 Å². The number of ether oxygens (including phenoxy) is 1. The topological polar surface area (TPSA) is 75.7 Å². The molecule has 0 radical (unpaired) electrons. The van der Waals surface area contributed by atoms with Gasteiger partial charge in [-0.2, -0.15) is 0 Å². The Bertz CT molecular complexity index is 417. The molecule has 0 unspecified atom stereocenters. The van der Waals surface area contributed by atoms with Crippen molar-refractivity contribution in [3.63, 3.8) is 0 Å². The van der Waals surface area contributed by atoms with E-state index in [1.165, 1.54) is 23.4 Å². The minimum absolute atomic E-state index is 0.0488. The van der Waals surface area contributed by atoms with Crippen molar-refractivity contribution in [1.82, 2.24) is 9.62 Å². The molecule has 130 valence electrons. The van der Waals surface area contributed by atoms with Crippen molar-refractivity contribution in [2.45, 2.75) is 57.4 Å². The number of rotatable bonds is 9. The van der Waals surface area contributed by atoms with Gasteiger partial charge in [-0.25, -0.2) is 12.7 Å². The molecule has 0 spiro atoms. The fourth-order valence-electron chi connectivity index (χ4n) is 2.78. The number of amides is 1. The van der Waals surface area contributed by atoms with Gasteiger partial charge in [-0.05, 0) is 19.3 Å². The van der Waals surface area contributed by atoms with Gasteiger partial charge in [0.1, 0.15) is 0 Å². The zero-order valence-electron chi connectivity index (χ0n) is 13.8. The number of sulfonamides is 1. The molecule has 22 heavy (non-hydrogen) atoms. The van der Waals surface area contributed by atoms with Gasteiger partial charge in [-0.15, -0.1) is 0 Å². The fourth-order valence-corrected chi connectivity index (χ4v) is 3.66. The van der Waals surface area contributed by atoms with Crippen LogP contribution in [0.1, 0.15) is 51.4 Å². The third-order valence-electron chi connectivity index (χ3n) is 4.03. The summed E-state index contributed by atoms with van der Waals surface area (Å²) >= 11 is 0. The summed E-state index contributed by atoms with van der Waals surface area (Å²) in [6.45, 7) is 1.14. The first-order valence-corrected chi connectivity index (χ1v) is 10.0. The lowest BCUT2D eigenvalue weighted by Crippen LogP contribution is -2.38. The van der Waals surface area contributed by atoms with E-state index in [2.05, 4.69) is 5.32 Å². The summed E-state index contributed by atoms with van der Waals surface area (Å²) in [5.41, 5.74) is 0. The highest BCUT2D eigenvalue weighted by Crippen LogP contribution is 2.17. The molecular formula is C15H30N2O4S. The number of carbonyl (C=O) groups is 1. The maximum Gasteiger partial charge on any atom is 0.221 e. The Labute approximate surface area is 134 Å². The van der Waals surface area contributed by atoms with Crippen LogP contribution in [0.25, 0.3) is 0 Å². The zero-order valence-corrected chi connectivity index (χ0v) is 14.7. The molecule has 1 aliphatic carbocycles. The summed E-state index contributed by atoms with van der Waals surface area (Å²) in [4.78, 5) is 12.0. The quantitative estimate of drug-likeness (QED) is 0.512. The van der Waals surface area contributed by atoms with Gasteiger partial charge < -0.3 is 10.1 Å². The molecule has 0 aromatic carbocycles.